The number of rotatable bonds is 9. The van der Waals surface area contributed by atoms with Crippen molar-refractivity contribution in [1.29, 1.82) is 0 Å². The number of benzene rings is 3. The number of aromatic nitrogens is 2. The summed E-state index contributed by atoms with van der Waals surface area (Å²) in [5.41, 5.74) is 0.894. The Kier molecular flexibility index (Phi) is 8.10. The fourth-order valence-corrected chi connectivity index (χ4v) is 5.81. The number of anilines is 1. The van der Waals surface area contributed by atoms with Gasteiger partial charge in [-0.15, -0.1) is 0 Å². The summed E-state index contributed by atoms with van der Waals surface area (Å²) in [6.45, 7) is 1.40. The SMILES string of the molecule is COc1cccc2c1n(Cc1ccccc1C(F)(F)F)c(=O)n2[C@@H]1CCN(c2c(F)cccc2CN(C)CCO)C1. The highest BCUT2D eigenvalue weighted by atomic mass is 19.4. The molecule has 0 radical (unpaired) electrons. The van der Waals surface area contributed by atoms with Crippen LogP contribution >= 0.6 is 0 Å². The lowest BCUT2D eigenvalue weighted by Crippen LogP contribution is -2.31. The number of para-hydroxylation sites is 2. The minimum atomic E-state index is -4.57. The molecule has 1 fully saturated rings. The first-order valence-electron chi connectivity index (χ1n) is 13.4. The zero-order valence-corrected chi connectivity index (χ0v) is 22.9. The van der Waals surface area contributed by atoms with Crippen molar-refractivity contribution in [3.8, 4) is 5.75 Å². The molecule has 3 aromatic carbocycles. The molecule has 0 aliphatic carbocycles. The number of halogens is 4. The van der Waals surface area contributed by atoms with Gasteiger partial charge in [0.25, 0.3) is 0 Å². The number of nitrogens with zero attached hydrogens (tertiary/aromatic N) is 4. The molecule has 4 aromatic rings. The van der Waals surface area contributed by atoms with Crippen molar-refractivity contribution < 1.29 is 27.4 Å². The van der Waals surface area contributed by atoms with Gasteiger partial charge in [0.1, 0.15) is 17.1 Å². The number of methoxy groups -OCH3 is 1. The molecular weight excluding hydrogens is 540 g/mol. The highest BCUT2D eigenvalue weighted by Crippen LogP contribution is 2.36. The van der Waals surface area contributed by atoms with Crippen molar-refractivity contribution in [2.24, 2.45) is 0 Å². The molecule has 1 aliphatic rings. The summed E-state index contributed by atoms with van der Waals surface area (Å²) in [6.07, 6.45) is -4.03. The number of imidazole rings is 1. The molecule has 1 saturated heterocycles. The molecule has 1 aliphatic heterocycles. The van der Waals surface area contributed by atoms with Gasteiger partial charge in [-0.05, 0) is 48.9 Å². The molecule has 0 spiro atoms. The predicted octanol–water partition coefficient (Wildman–Crippen LogP) is 4.89. The maximum atomic E-state index is 15.2. The van der Waals surface area contributed by atoms with E-state index in [4.69, 9.17) is 4.74 Å². The van der Waals surface area contributed by atoms with Gasteiger partial charge in [-0.2, -0.15) is 13.2 Å². The van der Waals surface area contributed by atoms with E-state index in [0.717, 1.165) is 11.6 Å². The Morgan fingerprint density at radius 1 is 1.05 bits per heavy atom. The monoisotopic (exact) mass is 572 g/mol. The van der Waals surface area contributed by atoms with Crippen LogP contribution in [0.1, 0.15) is 29.2 Å². The van der Waals surface area contributed by atoms with E-state index in [1.54, 1.807) is 28.8 Å². The Balaban J connectivity index is 1.55. The number of fused-ring (bicyclic) bond motifs is 1. The summed E-state index contributed by atoms with van der Waals surface area (Å²) >= 11 is 0. The van der Waals surface area contributed by atoms with Crippen molar-refractivity contribution in [3.05, 3.63) is 93.7 Å². The first-order chi connectivity index (χ1) is 19.6. The van der Waals surface area contributed by atoms with Crippen molar-refractivity contribution in [2.45, 2.75) is 31.7 Å². The van der Waals surface area contributed by atoms with Gasteiger partial charge in [0.15, 0.2) is 0 Å². The Bertz CT molecular complexity index is 1600. The Morgan fingerprint density at radius 3 is 2.51 bits per heavy atom. The molecule has 0 amide bonds. The van der Waals surface area contributed by atoms with E-state index in [0.29, 0.717) is 55.1 Å². The van der Waals surface area contributed by atoms with Crippen LogP contribution in [0, 0.1) is 5.82 Å². The number of ether oxygens (including phenoxy) is 1. The highest BCUT2D eigenvalue weighted by Gasteiger charge is 2.35. The zero-order valence-electron chi connectivity index (χ0n) is 22.9. The van der Waals surface area contributed by atoms with Crippen LogP contribution in [0.4, 0.5) is 23.2 Å². The van der Waals surface area contributed by atoms with Gasteiger partial charge in [-0.1, -0.05) is 36.4 Å². The number of hydrogen-bond donors (Lipinski definition) is 1. The average Bonchev–Trinajstić information content (AvgIpc) is 3.51. The molecule has 0 bridgehead atoms. The number of likely N-dealkylation sites (N-methyl/N-ethyl adjacent to an activating group) is 1. The van der Waals surface area contributed by atoms with Gasteiger partial charge in [-0.3, -0.25) is 14.0 Å². The van der Waals surface area contributed by atoms with Gasteiger partial charge in [0.2, 0.25) is 0 Å². The third kappa shape index (κ3) is 5.56. The van der Waals surface area contributed by atoms with Crippen molar-refractivity contribution in [1.82, 2.24) is 14.0 Å². The largest absolute Gasteiger partial charge is 0.494 e. The van der Waals surface area contributed by atoms with Crippen molar-refractivity contribution in [3.63, 3.8) is 0 Å². The number of hydrogen-bond acceptors (Lipinski definition) is 5. The standard InChI is InChI=1S/C30H32F4N4O3/c1-35(15-16-39)17-21-8-5-10-24(31)27(21)36-14-13-22(19-36)38-25-11-6-12-26(41-2)28(25)37(29(38)40)18-20-7-3-4-9-23(20)30(32,33)34/h3-12,22,39H,13-19H2,1-2H3/t22-/m1/s1. The van der Waals surface area contributed by atoms with E-state index < -0.39 is 17.4 Å². The van der Waals surface area contributed by atoms with Crippen LogP contribution in [-0.2, 0) is 19.3 Å². The third-order valence-corrected chi connectivity index (χ3v) is 7.65. The minimum Gasteiger partial charge on any atom is -0.494 e. The second-order valence-electron chi connectivity index (χ2n) is 10.3. The molecule has 11 heteroatoms. The second kappa shape index (κ2) is 11.6. The maximum Gasteiger partial charge on any atom is 0.416 e. The van der Waals surface area contributed by atoms with Crippen LogP contribution in [0.2, 0.25) is 0 Å². The molecule has 1 N–H and O–H groups in total. The summed E-state index contributed by atoms with van der Waals surface area (Å²) in [5, 5.41) is 9.29. The first kappa shape index (κ1) is 28.7. The lowest BCUT2D eigenvalue weighted by atomic mass is 10.1. The second-order valence-corrected chi connectivity index (χ2v) is 10.3. The number of alkyl halides is 3. The number of aliphatic hydroxyl groups is 1. The first-order valence-corrected chi connectivity index (χ1v) is 13.4. The highest BCUT2D eigenvalue weighted by molar-refractivity contribution is 5.83. The van der Waals surface area contributed by atoms with Crippen molar-refractivity contribution in [2.75, 3.05) is 45.3 Å². The third-order valence-electron chi connectivity index (χ3n) is 7.65. The van der Waals surface area contributed by atoms with Gasteiger partial charge in [-0.25, -0.2) is 9.18 Å². The Morgan fingerprint density at radius 2 is 1.78 bits per heavy atom. The molecule has 7 nitrogen and oxygen atoms in total. The van der Waals surface area contributed by atoms with Crippen LogP contribution in [0.15, 0.2) is 65.5 Å². The molecule has 5 rings (SSSR count). The van der Waals surface area contributed by atoms with E-state index in [1.165, 1.54) is 35.9 Å². The van der Waals surface area contributed by atoms with Gasteiger partial charge < -0.3 is 14.7 Å². The quantitative estimate of drug-likeness (QED) is 0.290. The van der Waals surface area contributed by atoms with Crippen LogP contribution in [0.5, 0.6) is 5.75 Å². The lowest BCUT2D eigenvalue weighted by molar-refractivity contribution is -0.138. The van der Waals surface area contributed by atoms with Crippen LogP contribution in [0.25, 0.3) is 11.0 Å². The summed E-state index contributed by atoms with van der Waals surface area (Å²) in [7, 11) is 3.30. The average molecular weight is 573 g/mol. The fourth-order valence-electron chi connectivity index (χ4n) is 5.81. The van der Waals surface area contributed by atoms with E-state index in [1.807, 2.05) is 22.9 Å². The normalized spacial score (nSPS) is 15.8. The smallest absolute Gasteiger partial charge is 0.416 e. The molecule has 218 valence electrons. The lowest BCUT2D eigenvalue weighted by Gasteiger charge is -2.25. The van der Waals surface area contributed by atoms with Crippen molar-refractivity contribution >= 4 is 16.7 Å². The molecule has 0 unspecified atom stereocenters. The molecule has 1 atom stereocenters. The maximum absolute atomic E-state index is 15.2. The zero-order chi connectivity index (χ0) is 29.3. The topological polar surface area (TPSA) is 62.9 Å². The van der Waals surface area contributed by atoms with Gasteiger partial charge in [0, 0.05) is 26.2 Å². The molecule has 41 heavy (non-hydrogen) atoms. The molecule has 2 heterocycles. The molecule has 1 aromatic heterocycles. The molecule has 0 saturated carbocycles. The predicted molar refractivity (Wildman–Crippen MR) is 149 cm³/mol. The Labute approximate surface area is 234 Å². The van der Waals surface area contributed by atoms with E-state index in [-0.39, 0.29) is 30.6 Å². The van der Waals surface area contributed by atoms with Crippen LogP contribution in [-0.4, -0.2) is 59.5 Å². The Hall–Kier alpha value is -3.83. The summed E-state index contributed by atoms with van der Waals surface area (Å²) in [5.74, 6) is 0.00162. The van der Waals surface area contributed by atoms with Crippen LogP contribution < -0.4 is 15.3 Å². The van der Waals surface area contributed by atoms with E-state index in [9.17, 15) is 23.1 Å². The van der Waals surface area contributed by atoms with Gasteiger partial charge in [0.05, 0.1) is 43.1 Å². The van der Waals surface area contributed by atoms with Crippen LogP contribution in [0.3, 0.4) is 0 Å². The summed E-state index contributed by atoms with van der Waals surface area (Å²) in [6, 6.07) is 14.9. The summed E-state index contributed by atoms with van der Waals surface area (Å²) < 4.78 is 65.0. The summed E-state index contributed by atoms with van der Waals surface area (Å²) in [4.78, 5) is 17.8. The molecular formula is C30H32F4N4O3. The minimum absolute atomic E-state index is 0.0170. The number of aliphatic hydroxyl groups excluding tert-OH is 1. The van der Waals surface area contributed by atoms with Gasteiger partial charge >= 0.3 is 11.9 Å². The van der Waals surface area contributed by atoms with E-state index in [2.05, 4.69) is 0 Å². The van der Waals surface area contributed by atoms with E-state index >= 15 is 4.39 Å². The fraction of sp³-hybridized carbons (Fsp3) is 0.367.